The smallest absolute Gasteiger partial charge is 0.243 e. The van der Waals surface area contributed by atoms with Crippen molar-refractivity contribution in [3.63, 3.8) is 0 Å². The molecule has 0 bridgehead atoms. The maximum atomic E-state index is 12.6. The Hall–Kier alpha value is -0.820. The lowest BCUT2D eigenvalue weighted by Crippen LogP contribution is -2.32. The van der Waals surface area contributed by atoms with Crippen LogP contribution in [0.25, 0.3) is 0 Å². The van der Waals surface area contributed by atoms with Gasteiger partial charge in [0.25, 0.3) is 0 Å². The molecule has 0 radical (unpaired) electrons. The van der Waals surface area contributed by atoms with Crippen LogP contribution in [0.5, 0.6) is 5.75 Å². The highest BCUT2D eigenvalue weighted by Crippen LogP contribution is 2.38. The summed E-state index contributed by atoms with van der Waals surface area (Å²) in [5, 5.41) is 0.355. The minimum absolute atomic E-state index is 0.0284. The number of ether oxygens (including phenoxy) is 1. The zero-order valence-electron chi connectivity index (χ0n) is 11.2. The number of sulfonamides is 1. The van der Waals surface area contributed by atoms with Gasteiger partial charge in [0.1, 0.15) is 11.9 Å². The van der Waals surface area contributed by atoms with E-state index in [1.807, 2.05) is 6.92 Å². The largest absolute Gasteiger partial charge is 0.489 e. The van der Waals surface area contributed by atoms with Crippen LogP contribution in [0.1, 0.15) is 18.9 Å². The molecular weight excluding hydrogens is 300 g/mol. The molecule has 0 amide bonds. The van der Waals surface area contributed by atoms with Crippen molar-refractivity contribution in [2.75, 3.05) is 13.1 Å². The van der Waals surface area contributed by atoms with Crippen LogP contribution in [0.3, 0.4) is 0 Å². The lowest BCUT2D eigenvalue weighted by Gasteiger charge is -2.17. The van der Waals surface area contributed by atoms with Gasteiger partial charge in [0.2, 0.25) is 10.0 Å². The summed E-state index contributed by atoms with van der Waals surface area (Å²) < 4.78 is 32.2. The molecule has 1 fully saturated rings. The zero-order chi connectivity index (χ0) is 14.5. The maximum absolute atomic E-state index is 12.6. The van der Waals surface area contributed by atoms with Gasteiger partial charge in [-0.05, 0) is 25.5 Å². The average molecular weight is 317 g/mol. The number of halogens is 1. The monoisotopic (exact) mass is 316 g/mol. The van der Waals surface area contributed by atoms with Crippen LogP contribution in [0.2, 0.25) is 5.02 Å². The third-order valence-corrected chi connectivity index (χ3v) is 5.87. The number of fused-ring (bicyclic) bond motifs is 1. The minimum atomic E-state index is -3.52. The van der Waals surface area contributed by atoms with Crippen molar-refractivity contribution >= 4 is 21.6 Å². The maximum Gasteiger partial charge on any atom is 0.243 e. The molecule has 0 spiro atoms. The first-order valence-electron chi connectivity index (χ1n) is 6.62. The van der Waals surface area contributed by atoms with E-state index in [-0.39, 0.29) is 17.0 Å². The van der Waals surface area contributed by atoms with E-state index < -0.39 is 10.0 Å². The molecule has 1 aromatic carbocycles. The van der Waals surface area contributed by atoms with E-state index >= 15 is 0 Å². The second kappa shape index (κ2) is 4.87. The third-order valence-electron chi connectivity index (χ3n) is 3.75. The van der Waals surface area contributed by atoms with Crippen LogP contribution in [0, 0.1) is 0 Å². The van der Waals surface area contributed by atoms with Gasteiger partial charge >= 0.3 is 0 Å². The van der Waals surface area contributed by atoms with E-state index in [0.29, 0.717) is 36.7 Å². The summed E-state index contributed by atoms with van der Waals surface area (Å²) in [4.78, 5) is 0.230. The van der Waals surface area contributed by atoms with Crippen molar-refractivity contribution < 1.29 is 13.2 Å². The molecular formula is C13H17ClN2O3S. The fourth-order valence-corrected chi connectivity index (χ4v) is 4.67. The number of benzene rings is 1. The highest BCUT2D eigenvalue weighted by Gasteiger charge is 2.33. The van der Waals surface area contributed by atoms with Crippen molar-refractivity contribution in [1.82, 2.24) is 4.31 Å². The van der Waals surface area contributed by atoms with Gasteiger partial charge in [-0.1, -0.05) is 11.6 Å². The average Bonchev–Trinajstić information content (AvgIpc) is 2.95. The first-order chi connectivity index (χ1) is 9.38. The number of rotatable bonds is 2. The Morgan fingerprint density at radius 3 is 2.85 bits per heavy atom. The molecule has 0 aliphatic carbocycles. The highest BCUT2D eigenvalue weighted by molar-refractivity contribution is 7.89. The summed E-state index contributed by atoms with van der Waals surface area (Å²) in [6, 6.07) is 3.06. The van der Waals surface area contributed by atoms with Crippen LogP contribution in [-0.4, -0.2) is 38.0 Å². The van der Waals surface area contributed by atoms with Crippen LogP contribution < -0.4 is 10.5 Å². The lowest BCUT2D eigenvalue weighted by atomic mass is 10.1. The van der Waals surface area contributed by atoms with Crippen molar-refractivity contribution in [2.45, 2.75) is 36.8 Å². The molecule has 2 heterocycles. The number of hydrogen-bond acceptors (Lipinski definition) is 4. The summed E-state index contributed by atoms with van der Waals surface area (Å²) >= 11 is 6.15. The molecule has 1 saturated heterocycles. The zero-order valence-corrected chi connectivity index (χ0v) is 12.7. The Labute approximate surface area is 123 Å². The topological polar surface area (TPSA) is 72.6 Å². The molecule has 2 N–H and O–H groups in total. The summed E-state index contributed by atoms with van der Waals surface area (Å²) in [7, 11) is -3.52. The van der Waals surface area contributed by atoms with Crippen LogP contribution in [-0.2, 0) is 16.4 Å². The van der Waals surface area contributed by atoms with Gasteiger partial charge in [-0.3, -0.25) is 0 Å². The Balaban J connectivity index is 1.99. The van der Waals surface area contributed by atoms with Crippen molar-refractivity contribution in [1.29, 1.82) is 0 Å². The summed E-state index contributed by atoms with van der Waals surface area (Å²) in [6.07, 6.45) is 1.40. The second-order valence-corrected chi connectivity index (χ2v) is 7.78. The molecule has 20 heavy (non-hydrogen) atoms. The molecule has 0 saturated carbocycles. The number of nitrogens with zero attached hydrogens (tertiary/aromatic N) is 1. The molecule has 3 rings (SSSR count). The van der Waals surface area contributed by atoms with E-state index in [0.717, 1.165) is 5.56 Å². The Bertz CT molecular complexity index is 647. The predicted octanol–water partition coefficient (Wildman–Crippen LogP) is 1.39. The molecule has 2 atom stereocenters. The van der Waals surface area contributed by atoms with Gasteiger partial charge in [-0.15, -0.1) is 0 Å². The third kappa shape index (κ3) is 2.30. The Morgan fingerprint density at radius 1 is 1.45 bits per heavy atom. The van der Waals surface area contributed by atoms with E-state index in [9.17, 15) is 8.42 Å². The van der Waals surface area contributed by atoms with E-state index in [2.05, 4.69) is 0 Å². The van der Waals surface area contributed by atoms with E-state index in [4.69, 9.17) is 22.1 Å². The quantitative estimate of drug-likeness (QED) is 0.895. The first kappa shape index (κ1) is 14.1. The van der Waals surface area contributed by atoms with Crippen molar-refractivity contribution in [3.05, 3.63) is 22.7 Å². The van der Waals surface area contributed by atoms with Gasteiger partial charge < -0.3 is 10.5 Å². The first-order valence-corrected chi connectivity index (χ1v) is 8.44. The molecule has 1 unspecified atom stereocenters. The van der Waals surface area contributed by atoms with Crippen LogP contribution in [0.15, 0.2) is 17.0 Å². The van der Waals surface area contributed by atoms with Gasteiger partial charge in [-0.25, -0.2) is 8.42 Å². The lowest BCUT2D eigenvalue weighted by molar-refractivity contribution is 0.255. The SMILES string of the molecule is CC1Cc2cc(S(=O)(=O)N3CC[C@@H](N)C3)cc(Cl)c2O1. The normalized spacial score (nSPS) is 26.6. The number of nitrogens with two attached hydrogens (primary N) is 1. The fraction of sp³-hybridized carbons (Fsp3) is 0.538. The molecule has 110 valence electrons. The highest BCUT2D eigenvalue weighted by atomic mass is 35.5. The Kier molecular flexibility index (Phi) is 3.44. The summed E-state index contributed by atoms with van der Waals surface area (Å²) in [6.45, 7) is 2.76. The van der Waals surface area contributed by atoms with Crippen LogP contribution >= 0.6 is 11.6 Å². The Morgan fingerprint density at radius 2 is 2.20 bits per heavy atom. The van der Waals surface area contributed by atoms with E-state index in [1.54, 1.807) is 6.07 Å². The number of hydrogen-bond donors (Lipinski definition) is 1. The van der Waals surface area contributed by atoms with Gasteiger partial charge in [0.05, 0.1) is 9.92 Å². The van der Waals surface area contributed by atoms with E-state index in [1.165, 1.54) is 10.4 Å². The minimum Gasteiger partial charge on any atom is -0.489 e. The predicted molar refractivity (Wildman–Crippen MR) is 76.6 cm³/mol. The second-order valence-electron chi connectivity index (χ2n) is 5.44. The summed E-state index contributed by atoms with van der Waals surface area (Å²) in [5.41, 5.74) is 6.64. The summed E-state index contributed by atoms with van der Waals surface area (Å²) in [5.74, 6) is 0.608. The van der Waals surface area contributed by atoms with Crippen molar-refractivity contribution in [2.24, 2.45) is 5.73 Å². The van der Waals surface area contributed by atoms with Gasteiger partial charge in [0.15, 0.2) is 0 Å². The molecule has 7 heteroatoms. The van der Waals surface area contributed by atoms with Gasteiger partial charge in [-0.2, -0.15) is 4.31 Å². The van der Waals surface area contributed by atoms with Gasteiger partial charge in [0, 0.05) is 31.1 Å². The molecule has 0 aromatic heterocycles. The molecule has 2 aliphatic rings. The van der Waals surface area contributed by atoms with Crippen LogP contribution in [0.4, 0.5) is 0 Å². The standard InChI is InChI=1S/C13H17ClN2O3S/c1-8-4-9-5-11(6-12(14)13(9)19-8)20(17,18)16-3-2-10(15)7-16/h5-6,8,10H,2-4,7,15H2,1H3/t8?,10-/m1/s1. The molecule has 1 aromatic rings. The fourth-order valence-electron chi connectivity index (χ4n) is 2.73. The molecule has 5 nitrogen and oxygen atoms in total. The van der Waals surface area contributed by atoms with Crippen molar-refractivity contribution in [3.8, 4) is 5.75 Å². The molecule has 2 aliphatic heterocycles.